The van der Waals surface area contributed by atoms with Crippen LogP contribution in [0.25, 0.3) is 0 Å². The van der Waals surface area contributed by atoms with Crippen LogP contribution in [-0.2, 0) is 0 Å². The van der Waals surface area contributed by atoms with Gasteiger partial charge in [0.2, 0.25) is 0 Å². The zero-order valence-corrected chi connectivity index (χ0v) is 12.0. The first-order valence-electron chi connectivity index (χ1n) is 7.11. The van der Waals surface area contributed by atoms with E-state index in [1.54, 1.807) is 11.0 Å². The Labute approximate surface area is 122 Å². The van der Waals surface area contributed by atoms with Crippen molar-refractivity contribution in [2.24, 2.45) is 11.7 Å². The van der Waals surface area contributed by atoms with Gasteiger partial charge in [-0.25, -0.2) is 0 Å². The van der Waals surface area contributed by atoms with Crippen molar-refractivity contribution < 1.29 is 18.3 Å². The number of hydrogen-bond acceptors (Lipinski definition) is 3. The van der Waals surface area contributed by atoms with E-state index in [0.717, 1.165) is 12.8 Å². The Morgan fingerprint density at radius 1 is 1.52 bits per heavy atom. The highest BCUT2D eigenvalue weighted by Crippen LogP contribution is 2.22. The SMILES string of the molecule is CCC1CN(C(=O)c2cccc(OC(F)F)c2)CCC1N. The van der Waals surface area contributed by atoms with Crippen LogP contribution in [0.3, 0.4) is 0 Å². The quantitative estimate of drug-likeness (QED) is 0.929. The summed E-state index contributed by atoms with van der Waals surface area (Å²) in [6.07, 6.45) is 1.68. The Morgan fingerprint density at radius 3 is 2.95 bits per heavy atom. The van der Waals surface area contributed by atoms with E-state index in [2.05, 4.69) is 11.7 Å². The van der Waals surface area contributed by atoms with Crippen molar-refractivity contribution in [3.05, 3.63) is 29.8 Å². The molecule has 1 aromatic rings. The fraction of sp³-hybridized carbons (Fsp3) is 0.533. The van der Waals surface area contributed by atoms with Gasteiger partial charge in [-0.15, -0.1) is 0 Å². The highest BCUT2D eigenvalue weighted by molar-refractivity contribution is 5.94. The Hall–Kier alpha value is -1.69. The first-order chi connectivity index (χ1) is 10.0. The molecule has 2 atom stereocenters. The molecule has 4 nitrogen and oxygen atoms in total. The third-order valence-corrected chi connectivity index (χ3v) is 3.91. The largest absolute Gasteiger partial charge is 0.435 e. The fourth-order valence-electron chi connectivity index (χ4n) is 2.65. The summed E-state index contributed by atoms with van der Waals surface area (Å²) in [6, 6.07) is 6.02. The molecule has 0 aliphatic carbocycles. The van der Waals surface area contributed by atoms with Crippen LogP contribution in [0.15, 0.2) is 24.3 Å². The fourth-order valence-corrected chi connectivity index (χ4v) is 2.65. The number of carbonyl (C=O) groups excluding carboxylic acids is 1. The van der Waals surface area contributed by atoms with E-state index in [1.807, 2.05) is 0 Å². The Balaban J connectivity index is 2.09. The van der Waals surface area contributed by atoms with Gasteiger partial charge in [0.25, 0.3) is 5.91 Å². The molecule has 2 N–H and O–H groups in total. The molecule has 1 aliphatic rings. The number of rotatable bonds is 4. The lowest BCUT2D eigenvalue weighted by Crippen LogP contribution is -2.49. The van der Waals surface area contributed by atoms with E-state index >= 15 is 0 Å². The van der Waals surface area contributed by atoms with Crippen LogP contribution >= 0.6 is 0 Å². The number of nitrogens with two attached hydrogens (primary N) is 1. The molecule has 1 heterocycles. The minimum absolute atomic E-state index is 0.00315. The highest BCUT2D eigenvalue weighted by atomic mass is 19.3. The number of carbonyl (C=O) groups is 1. The second-order valence-electron chi connectivity index (χ2n) is 5.28. The Kier molecular flexibility index (Phi) is 5.12. The molecule has 1 saturated heterocycles. The second kappa shape index (κ2) is 6.85. The number of alkyl halides is 2. The first kappa shape index (κ1) is 15.7. The van der Waals surface area contributed by atoms with Crippen LogP contribution in [0, 0.1) is 5.92 Å². The molecule has 116 valence electrons. The number of amides is 1. The predicted octanol–water partition coefficient (Wildman–Crippen LogP) is 2.49. The average molecular weight is 298 g/mol. The standard InChI is InChI=1S/C15H20F2N2O2/c1-2-10-9-19(7-6-13(10)18)14(20)11-4-3-5-12(8-11)21-15(16)17/h3-5,8,10,13,15H,2,6-7,9,18H2,1H3. The van der Waals surface area contributed by atoms with Gasteiger partial charge in [-0.05, 0) is 30.5 Å². The van der Waals surface area contributed by atoms with Crippen LogP contribution in [0.2, 0.25) is 0 Å². The lowest BCUT2D eigenvalue weighted by atomic mass is 9.90. The normalized spacial score (nSPS) is 22.4. The maximum Gasteiger partial charge on any atom is 0.387 e. The molecule has 0 spiro atoms. The molecule has 1 amide bonds. The van der Waals surface area contributed by atoms with Crippen molar-refractivity contribution in [3.63, 3.8) is 0 Å². The van der Waals surface area contributed by atoms with Gasteiger partial charge >= 0.3 is 6.61 Å². The lowest BCUT2D eigenvalue weighted by Gasteiger charge is -2.36. The van der Waals surface area contributed by atoms with Crippen molar-refractivity contribution in [2.45, 2.75) is 32.4 Å². The molecule has 0 radical (unpaired) electrons. The van der Waals surface area contributed by atoms with Crippen molar-refractivity contribution >= 4 is 5.91 Å². The van der Waals surface area contributed by atoms with Crippen LogP contribution < -0.4 is 10.5 Å². The molecular formula is C15H20F2N2O2. The molecular weight excluding hydrogens is 278 g/mol. The Morgan fingerprint density at radius 2 is 2.29 bits per heavy atom. The number of likely N-dealkylation sites (tertiary alicyclic amines) is 1. The second-order valence-corrected chi connectivity index (χ2v) is 5.28. The summed E-state index contributed by atoms with van der Waals surface area (Å²) in [5, 5.41) is 0. The number of nitrogens with zero attached hydrogens (tertiary/aromatic N) is 1. The topological polar surface area (TPSA) is 55.6 Å². The van der Waals surface area contributed by atoms with Gasteiger partial charge in [-0.1, -0.05) is 19.4 Å². The number of ether oxygens (including phenoxy) is 1. The summed E-state index contributed by atoms with van der Waals surface area (Å²) in [5.74, 6) is 0.111. The zero-order chi connectivity index (χ0) is 15.4. The van der Waals surface area contributed by atoms with Crippen molar-refractivity contribution in [3.8, 4) is 5.75 Å². The molecule has 0 bridgehead atoms. The summed E-state index contributed by atoms with van der Waals surface area (Å²) < 4.78 is 28.8. The zero-order valence-electron chi connectivity index (χ0n) is 12.0. The molecule has 0 saturated carbocycles. The minimum Gasteiger partial charge on any atom is -0.435 e. The van der Waals surface area contributed by atoms with Crippen molar-refractivity contribution in [2.75, 3.05) is 13.1 Å². The highest BCUT2D eigenvalue weighted by Gasteiger charge is 2.28. The van der Waals surface area contributed by atoms with E-state index in [9.17, 15) is 13.6 Å². The van der Waals surface area contributed by atoms with Gasteiger partial charge in [-0.3, -0.25) is 4.79 Å². The molecule has 2 unspecified atom stereocenters. The summed E-state index contributed by atoms with van der Waals surface area (Å²) in [4.78, 5) is 14.2. The van der Waals surface area contributed by atoms with Gasteiger partial charge in [0.1, 0.15) is 5.75 Å². The van der Waals surface area contributed by atoms with Crippen LogP contribution in [0.1, 0.15) is 30.1 Å². The van der Waals surface area contributed by atoms with Gasteiger partial charge in [-0.2, -0.15) is 8.78 Å². The van der Waals surface area contributed by atoms with Gasteiger partial charge in [0.05, 0.1) is 0 Å². The average Bonchev–Trinajstić information content (AvgIpc) is 2.46. The predicted molar refractivity (Wildman–Crippen MR) is 75.4 cm³/mol. The summed E-state index contributed by atoms with van der Waals surface area (Å²) in [6.45, 7) is 0.357. The van der Waals surface area contributed by atoms with Gasteiger partial charge in [0, 0.05) is 24.7 Å². The molecule has 21 heavy (non-hydrogen) atoms. The molecule has 1 fully saturated rings. The van der Waals surface area contributed by atoms with E-state index in [1.165, 1.54) is 18.2 Å². The van der Waals surface area contributed by atoms with Gasteiger partial charge in [0.15, 0.2) is 0 Å². The summed E-state index contributed by atoms with van der Waals surface area (Å²) >= 11 is 0. The van der Waals surface area contributed by atoms with Crippen molar-refractivity contribution in [1.82, 2.24) is 4.90 Å². The third kappa shape index (κ3) is 3.91. The number of piperidine rings is 1. The van der Waals surface area contributed by atoms with Crippen molar-refractivity contribution in [1.29, 1.82) is 0 Å². The third-order valence-electron chi connectivity index (χ3n) is 3.91. The summed E-state index contributed by atoms with van der Waals surface area (Å²) in [7, 11) is 0. The summed E-state index contributed by atoms with van der Waals surface area (Å²) in [5.41, 5.74) is 6.39. The molecule has 2 rings (SSSR count). The lowest BCUT2D eigenvalue weighted by molar-refractivity contribution is -0.0499. The number of hydrogen-bond donors (Lipinski definition) is 1. The van der Waals surface area contributed by atoms with Crippen LogP contribution in [0.4, 0.5) is 8.78 Å². The first-order valence-corrected chi connectivity index (χ1v) is 7.11. The monoisotopic (exact) mass is 298 g/mol. The smallest absolute Gasteiger partial charge is 0.387 e. The Bertz CT molecular complexity index is 496. The maximum atomic E-state index is 12.4. The maximum absolute atomic E-state index is 12.4. The molecule has 1 aromatic carbocycles. The number of benzene rings is 1. The van der Waals surface area contributed by atoms with Gasteiger partial charge < -0.3 is 15.4 Å². The van der Waals surface area contributed by atoms with E-state index in [-0.39, 0.29) is 23.6 Å². The van der Waals surface area contributed by atoms with Crippen LogP contribution in [-0.4, -0.2) is 36.5 Å². The van der Waals surface area contributed by atoms with Crippen LogP contribution in [0.5, 0.6) is 5.75 Å². The minimum atomic E-state index is -2.90. The molecule has 1 aliphatic heterocycles. The number of halogens is 2. The van der Waals surface area contributed by atoms with E-state index in [4.69, 9.17) is 5.73 Å². The van der Waals surface area contributed by atoms with E-state index < -0.39 is 6.61 Å². The van der Waals surface area contributed by atoms with E-state index in [0.29, 0.717) is 18.7 Å². The molecule has 6 heteroatoms. The molecule has 0 aromatic heterocycles.